The van der Waals surface area contributed by atoms with E-state index in [9.17, 15) is 13.2 Å². The fourth-order valence-corrected chi connectivity index (χ4v) is 6.88. The molecule has 2 saturated heterocycles. The highest BCUT2D eigenvalue weighted by Crippen LogP contribution is 2.29. The van der Waals surface area contributed by atoms with Crippen molar-refractivity contribution in [3.05, 3.63) is 57.9 Å². The van der Waals surface area contributed by atoms with Gasteiger partial charge < -0.3 is 4.90 Å². The highest BCUT2D eigenvalue weighted by Gasteiger charge is 2.31. The molecule has 0 unspecified atom stereocenters. The van der Waals surface area contributed by atoms with E-state index < -0.39 is 15.4 Å². The number of aromatic amines is 1. The molecule has 2 aliphatic rings. The smallest absolute Gasteiger partial charge is 0.281 e. The maximum atomic E-state index is 13.5. The maximum Gasteiger partial charge on any atom is 0.281 e. The number of nitrogens with zero attached hydrogens (tertiary/aromatic N) is 5. The van der Waals surface area contributed by atoms with Crippen molar-refractivity contribution < 1.29 is 8.42 Å². The largest absolute Gasteiger partial charge is 0.369 e. The third kappa shape index (κ3) is 3.24. The summed E-state index contributed by atoms with van der Waals surface area (Å²) in [5, 5.41) is 7.07. The Morgan fingerprint density at radius 3 is 2.74 bits per heavy atom. The molecule has 2 fully saturated rings. The van der Waals surface area contributed by atoms with Crippen LogP contribution in [0.1, 0.15) is 24.0 Å². The summed E-state index contributed by atoms with van der Waals surface area (Å²) < 4.78 is 28.4. The standard InChI is InChI=1S/C24H26N6O3S/c1-15-5-8-21(16(2)12-15)34(32,33)24-22-25-23(31)19-7-6-17(13-20(19)30(22)27-26-24)29-11-10-28-9-3-4-18(28)14-29/h5-8,12-13,18,27H,3-4,9-11,14H2,1-2H3/t18-/m1/s1. The van der Waals surface area contributed by atoms with Crippen LogP contribution in [0, 0.1) is 13.8 Å². The first-order valence-electron chi connectivity index (χ1n) is 11.6. The molecule has 2 aliphatic heterocycles. The summed E-state index contributed by atoms with van der Waals surface area (Å²) in [7, 11) is -3.98. The van der Waals surface area contributed by atoms with Crippen LogP contribution in [0.2, 0.25) is 0 Å². The quantitative estimate of drug-likeness (QED) is 0.482. The Bertz CT molecular complexity index is 1610. The number of anilines is 1. The number of sulfone groups is 1. The fraction of sp³-hybridized carbons (Fsp3) is 0.375. The molecule has 0 aliphatic carbocycles. The molecule has 0 radical (unpaired) electrons. The number of H-pyrrole nitrogens is 1. The Kier molecular flexibility index (Phi) is 4.79. The first-order valence-corrected chi connectivity index (χ1v) is 13.0. The zero-order valence-electron chi connectivity index (χ0n) is 19.2. The molecular weight excluding hydrogens is 452 g/mol. The van der Waals surface area contributed by atoms with E-state index in [0.717, 1.165) is 30.9 Å². The number of fused-ring (bicyclic) bond motifs is 4. The van der Waals surface area contributed by atoms with Gasteiger partial charge in [0.15, 0.2) is 5.65 Å². The van der Waals surface area contributed by atoms with Crippen LogP contribution in [0.15, 0.2) is 51.1 Å². The molecule has 1 atom stereocenters. The van der Waals surface area contributed by atoms with E-state index in [1.165, 1.54) is 23.9 Å². The van der Waals surface area contributed by atoms with E-state index in [1.807, 2.05) is 25.1 Å². The number of rotatable bonds is 3. The van der Waals surface area contributed by atoms with Crippen molar-refractivity contribution >= 4 is 32.1 Å². The van der Waals surface area contributed by atoms with Crippen LogP contribution in [0.4, 0.5) is 5.69 Å². The van der Waals surface area contributed by atoms with Crippen molar-refractivity contribution in [1.82, 2.24) is 24.7 Å². The summed E-state index contributed by atoms with van der Waals surface area (Å²) in [5.41, 5.74) is 2.70. The molecule has 176 valence electrons. The Hall–Kier alpha value is -3.24. The highest BCUT2D eigenvalue weighted by atomic mass is 32.2. The summed E-state index contributed by atoms with van der Waals surface area (Å²) in [4.78, 5) is 22.0. The predicted molar refractivity (Wildman–Crippen MR) is 129 cm³/mol. The minimum absolute atomic E-state index is 0.00948. The third-order valence-corrected chi connectivity index (χ3v) is 8.96. The van der Waals surface area contributed by atoms with Crippen molar-refractivity contribution in [3.8, 4) is 0 Å². The van der Waals surface area contributed by atoms with Gasteiger partial charge in [-0.3, -0.25) is 9.69 Å². The molecule has 0 spiro atoms. The first kappa shape index (κ1) is 21.3. The van der Waals surface area contributed by atoms with Gasteiger partial charge in [-0.25, -0.2) is 18.1 Å². The SMILES string of the molecule is Cc1ccc(S(=O)(=O)c2n[nH]n3c2nc(=O)c2ccc(N4CCN5CCC[C@@H]5C4)cc23)c(C)c1. The van der Waals surface area contributed by atoms with E-state index in [4.69, 9.17) is 0 Å². The van der Waals surface area contributed by atoms with E-state index in [1.54, 1.807) is 25.1 Å². The second kappa shape index (κ2) is 7.64. The highest BCUT2D eigenvalue weighted by molar-refractivity contribution is 7.91. The lowest BCUT2D eigenvalue weighted by Gasteiger charge is -2.38. The van der Waals surface area contributed by atoms with Gasteiger partial charge in [0.05, 0.1) is 15.8 Å². The number of aryl methyl sites for hydroxylation is 2. The van der Waals surface area contributed by atoms with E-state index in [2.05, 4.69) is 25.1 Å². The Balaban J connectivity index is 1.48. The lowest BCUT2D eigenvalue weighted by atomic mass is 10.1. The van der Waals surface area contributed by atoms with Gasteiger partial charge >= 0.3 is 0 Å². The van der Waals surface area contributed by atoms with E-state index in [-0.39, 0.29) is 15.6 Å². The molecule has 0 amide bonds. The summed E-state index contributed by atoms with van der Waals surface area (Å²) in [6.07, 6.45) is 2.45. The Morgan fingerprint density at radius 2 is 1.91 bits per heavy atom. The van der Waals surface area contributed by atoms with Gasteiger partial charge in [-0.2, -0.15) is 4.98 Å². The molecule has 4 heterocycles. The predicted octanol–water partition coefficient (Wildman–Crippen LogP) is 2.30. The molecule has 6 rings (SSSR count). The van der Waals surface area contributed by atoms with Crippen LogP contribution in [-0.2, 0) is 9.84 Å². The van der Waals surface area contributed by atoms with Gasteiger partial charge in [0.1, 0.15) is 0 Å². The first-order chi connectivity index (χ1) is 16.3. The number of hydrogen-bond donors (Lipinski definition) is 1. The maximum absolute atomic E-state index is 13.5. The zero-order chi connectivity index (χ0) is 23.6. The average molecular weight is 479 g/mol. The van der Waals surface area contributed by atoms with Crippen molar-refractivity contribution in [1.29, 1.82) is 0 Å². The zero-order valence-corrected chi connectivity index (χ0v) is 20.0. The fourth-order valence-electron chi connectivity index (χ4n) is 5.40. The van der Waals surface area contributed by atoms with Gasteiger partial charge in [0.25, 0.3) is 5.56 Å². The van der Waals surface area contributed by atoms with Crippen molar-refractivity contribution in [2.24, 2.45) is 0 Å². The molecular formula is C24H26N6O3S. The second-order valence-corrected chi connectivity index (χ2v) is 11.2. The van der Waals surface area contributed by atoms with Crippen LogP contribution in [-0.4, -0.2) is 65.4 Å². The summed E-state index contributed by atoms with van der Waals surface area (Å²) in [6, 6.07) is 11.4. The lowest BCUT2D eigenvalue weighted by Crippen LogP contribution is -2.50. The normalized spacial score (nSPS) is 19.2. The van der Waals surface area contributed by atoms with Crippen molar-refractivity contribution in [2.75, 3.05) is 31.1 Å². The lowest BCUT2D eigenvalue weighted by molar-refractivity contribution is 0.231. The van der Waals surface area contributed by atoms with Crippen LogP contribution in [0.25, 0.3) is 16.6 Å². The molecule has 34 heavy (non-hydrogen) atoms. The molecule has 4 aromatic rings. The topological polar surface area (TPSA) is 104 Å². The van der Waals surface area contributed by atoms with Gasteiger partial charge in [-0.1, -0.05) is 17.7 Å². The van der Waals surface area contributed by atoms with Crippen molar-refractivity contribution in [2.45, 2.75) is 42.7 Å². The molecule has 2 aromatic carbocycles. The summed E-state index contributed by atoms with van der Waals surface area (Å²) in [6.45, 7) is 7.72. The number of nitrogens with one attached hydrogen (secondary N) is 1. The minimum atomic E-state index is -3.98. The number of benzene rings is 2. The molecule has 1 N–H and O–H groups in total. The van der Waals surface area contributed by atoms with E-state index >= 15 is 0 Å². The number of aromatic nitrogens is 4. The van der Waals surface area contributed by atoms with Crippen LogP contribution in [0.5, 0.6) is 0 Å². The number of hydrogen-bond acceptors (Lipinski definition) is 7. The molecule has 10 heteroatoms. The molecule has 0 saturated carbocycles. The van der Waals surface area contributed by atoms with Gasteiger partial charge in [0.2, 0.25) is 14.9 Å². The second-order valence-electron chi connectivity index (χ2n) is 9.34. The minimum Gasteiger partial charge on any atom is -0.369 e. The average Bonchev–Trinajstić information content (AvgIpc) is 3.45. The summed E-state index contributed by atoms with van der Waals surface area (Å²) >= 11 is 0. The van der Waals surface area contributed by atoms with Crippen molar-refractivity contribution in [3.63, 3.8) is 0 Å². The van der Waals surface area contributed by atoms with Crippen LogP contribution >= 0.6 is 0 Å². The van der Waals surface area contributed by atoms with Crippen LogP contribution in [0.3, 0.4) is 0 Å². The Labute approximate surface area is 196 Å². The molecule has 9 nitrogen and oxygen atoms in total. The van der Waals surface area contributed by atoms with Gasteiger partial charge in [-0.05, 0) is 63.1 Å². The Morgan fingerprint density at radius 1 is 1.06 bits per heavy atom. The molecule has 2 aromatic heterocycles. The van der Waals surface area contributed by atoms with Crippen LogP contribution < -0.4 is 10.5 Å². The van der Waals surface area contributed by atoms with E-state index in [0.29, 0.717) is 22.5 Å². The van der Waals surface area contributed by atoms with Gasteiger partial charge in [0, 0.05) is 31.4 Å². The summed E-state index contributed by atoms with van der Waals surface area (Å²) in [5.74, 6) is 0. The monoisotopic (exact) mass is 478 g/mol. The van der Waals surface area contributed by atoms with Gasteiger partial charge in [-0.15, -0.1) is 5.10 Å². The molecule has 0 bridgehead atoms. The number of piperazine rings is 1. The third-order valence-electron chi connectivity index (χ3n) is 7.14.